The molecular formula is C12H22N2O3. The molecule has 0 saturated carbocycles. The van der Waals surface area contributed by atoms with Gasteiger partial charge in [-0.1, -0.05) is 6.92 Å². The molecule has 0 aromatic heterocycles. The highest BCUT2D eigenvalue weighted by molar-refractivity contribution is 5.78. The summed E-state index contributed by atoms with van der Waals surface area (Å²) in [5.74, 6) is -1.08. The molecular weight excluding hydrogens is 220 g/mol. The zero-order chi connectivity index (χ0) is 12.8. The van der Waals surface area contributed by atoms with Crippen molar-refractivity contribution in [1.82, 2.24) is 10.2 Å². The van der Waals surface area contributed by atoms with Crippen LogP contribution in [0, 0.1) is 5.92 Å². The number of aliphatic carboxylic acids is 1. The topological polar surface area (TPSA) is 69.6 Å². The molecule has 1 saturated heterocycles. The van der Waals surface area contributed by atoms with Crippen LogP contribution in [0.15, 0.2) is 0 Å². The molecule has 1 fully saturated rings. The number of carbonyl (C=O) groups is 2. The second-order valence-corrected chi connectivity index (χ2v) is 4.79. The number of nitrogens with zero attached hydrogens (tertiary/aromatic N) is 1. The van der Waals surface area contributed by atoms with Gasteiger partial charge in [-0.15, -0.1) is 0 Å². The molecule has 2 N–H and O–H groups in total. The van der Waals surface area contributed by atoms with Crippen LogP contribution in [-0.2, 0) is 9.59 Å². The molecule has 2 atom stereocenters. The predicted molar refractivity (Wildman–Crippen MR) is 64.7 cm³/mol. The Morgan fingerprint density at radius 1 is 1.53 bits per heavy atom. The highest BCUT2D eigenvalue weighted by Crippen LogP contribution is 2.16. The first kappa shape index (κ1) is 14.0. The number of carboxylic acids is 1. The summed E-state index contributed by atoms with van der Waals surface area (Å²) < 4.78 is 0. The lowest BCUT2D eigenvalue weighted by molar-refractivity contribution is -0.144. The average Bonchev–Trinajstić information content (AvgIpc) is 2.28. The second kappa shape index (κ2) is 6.59. The van der Waals surface area contributed by atoms with Crippen LogP contribution < -0.4 is 5.32 Å². The number of carboxylic acid groups (broad SMARTS) is 1. The summed E-state index contributed by atoms with van der Waals surface area (Å²) in [5, 5.41) is 11.8. The molecule has 0 radical (unpaired) electrons. The van der Waals surface area contributed by atoms with E-state index >= 15 is 0 Å². The normalized spacial score (nSPS) is 23.1. The number of hydrogen-bond donors (Lipinski definition) is 2. The number of nitrogens with one attached hydrogen (secondary N) is 1. The maximum atomic E-state index is 11.7. The highest BCUT2D eigenvalue weighted by atomic mass is 16.4. The van der Waals surface area contributed by atoms with Crippen molar-refractivity contribution < 1.29 is 14.7 Å². The van der Waals surface area contributed by atoms with Crippen molar-refractivity contribution in [2.75, 3.05) is 19.6 Å². The molecule has 0 aromatic carbocycles. The summed E-state index contributed by atoms with van der Waals surface area (Å²) in [7, 11) is 0. The van der Waals surface area contributed by atoms with E-state index in [9.17, 15) is 9.59 Å². The first-order valence-corrected chi connectivity index (χ1v) is 6.27. The smallest absolute Gasteiger partial charge is 0.307 e. The van der Waals surface area contributed by atoms with Crippen LogP contribution in [0.4, 0.5) is 0 Å². The Kier molecular flexibility index (Phi) is 5.41. The van der Waals surface area contributed by atoms with Crippen molar-refractivity contribution in [3.63, 3.8) is 0 Å². The van der Waals surface area contributed by atoms with Crippen LogP contribution in [0.25, 0.3) is 0 Å². The van der Waals surface area contributed by atoms with Crippen LogP contribution >= 0.6 is 0 Å². The van der Waals surface area contributed by atoms with Crippen LogP contribution in [-0.4, -0.2) is 47.6 Å². The molecule has 1 aliphatic rings. The van der Waals surface area contributed by atoms with Crippen molar-refractivity contribution in [3.05, 3.63) is 0 Å². The summed E-state index contributed by atoms with van der Waals surface area (Å²) in [6.45, 7) is 5.61. The minimum atomic E-state index is -0.753. The Hall–Kier alpha value is -1.10. The van der Waals surface area contributed by atoms with E-state index in [1.807, 2.05) is 18.7 Å². The Morgan fingerprint density at radius 2 is 2.24 bits per heavy atom. The molecule has 0 spiro atoms. The van der Waals surface area contributed by atoms with Gasteiger partial charge < -0.3 is 10.4 Å². The van der Waals surface area contributed by atoms with Crippen LogP contribution in [0.5, 0.6) is 0 Å². The maximum absolute atomic E-state index is 11.7. The van der Waals surface area contributed by atoms with Gasteiger partial charge in [-0.3, -0.25) is 14.5 Å². The van der Waals surface area contributed by atoms with Gasteiger partial charge in [-0.05, 0) is 32.7 Å². The van der Waals surface area contributed by atoms with Gasteiger partial charge >= 0.3 is 5.97 Å². The highest BCUT2D eigenvalue weighted by Gasteiger charge is 2.26. The van der Waals surface area contributed by atoms with Crippen LogP contribution in [0.1, 0.15) is 33.1 Å². The summed E-state index contributed by atoms with van der Waals surface area (Å²) >= 11 is 0. The molecule has 98 valence electrons. The lowest BCUT2D eigenvalue weighted by atomic mass is 9.98. The zero-order valence-corrected chi connectivity index (χ0v) is 10.6. The maximum Gasteiger partial charge on any atom is 0.307 e. The summed E-state index contributed by atoms with van der Waals surface area (Å²) in [5.41, 5.74) is 0. The Labute approximate surface area is 102 Å². The Bertz CT molecular complexity index is 281. The Morgan fingerprint density at radius 3 is 2.82 bits per heavy atom. The van der Waals surface area contributed by atoms with Gasteiger partial charge in [-0.25, -0.2) is 0 Å². The van der Waals surface area contributed by atoms with E-state index in [0.717, 1.165) is 25.8 Å². The number of rotatable bonds is 5. The van der Waals surface area contributed by atoms with Gasteiger partial charge in [0.25, 0.3) is 0 Å². The molecule has 0 aromatic rings. The van der Waals surface area contributed by atoms with Crippen LogP contribution in [0.2, 0.25) is 0 Å². The molecule has 1 rings (SSSR count). The molecule has 0 aliphatic carbocycles. The number of likely N-dealkylation sites (tertiary alicyclic amines) is 1. The molecule has 1 amide bonds. The molecule has 1 aliphatic heterocycles. The van der Waals surface area contributed by atoms with Gasteiger partial charge in [0.15, 0.2) is 0 Å². The second-order valence-electron chi connectivity index (χ2n) is 4.79. The van der Waals surface area contributed by atoms with Gasteiger partial charge in [0.2, 0.25) is 5.91 Å². The Balaban J connectivity index is 2.35. The molecule has 1 heterocycles. The molecule has 17 heavy (non-hydrogen) atoms. The fourth-order valence-corrected chi connectivity index (χ4v) is 2.03. The van der Waals surface area contributed by atoms with Crippen molar-refractivity contribution in [1.29, 1.82) is 0 Å². The lowest BCUT2D eigenvalue weighted by Crippen LogP contribution is -2.45. The van der Waals surface area contributed by atoms with Crippen molar-refractivity contribution in [2.24, 2.45) is 5.92 Å². The van der Waals surface area contributed by atoms with Gasteiger partial charge in [0.1, 0.15) is 0 Å². The number of piperidine rings is 1. The molecule has 2 unspecified atom stereocenters. The fraction of sp³-hybridized carbons (Fsp3) is 0.833. The number of hydrogen-bond acceptors (Lipinski definition) is 3. The summed E-state index contributed by atoms with van der Waals surface area (Å²) in [6.07, 6.45) is 2.48. The third-order valence-electron chi connectivity index (χ3n) is 3.24. The SMILES string of the molecule is CCC(C)NC(=O)CN1CCCC(C(=O)O)C1. The van der Waals surface area contributed by atoms with E-state index in [0.29, 0.717) is 13.1 Å². The summed E-state index contributed by atoms with van der Waals surface area (Å²) in [6, 6.07) is 0.183. The van der Waals surface area contributed by atoms with E-state index in [4.69, 9.17) is 5.11 Å². The predicted octanol–water partition coefficient (Wildman–Crippen LogP) is 0.698. The molecule has 0 bridgehead atoms. The third-order valence-corrected chi connectivity index (χ3v) is 3.24. The third kappa shape index (κ3) is 4.73. The van der Waals surface area contributed by atoms with Gasteiger partial charge in [0.05, 0.1) is 12.5 Å². The number of carbonyl (C=O) groups excluding carboxylic acids is 1. The lowest BCUT2D eigenvalue weighted by Gasteiger charge is -2.30. The molecule has 5 nitrogen and oxygen atoms in total. The van der Waals surface area contributed by atoms with Crippen molar-refractivity contribution in [3.8, 4) is 0 Å². The van der Waals surface area contributed by atoms with E-state index in [-0.39, 0.29) is 17.9 Å². The fourth-order valence-electron chi connectivity index (χ4n) is 2.03. The van der Waals surface area contributed by atoms with E-state index in [2.05, 4.69) is 5.32 Å². The van der Waals surface area contributed by atoms with Crippen molar-refractivity contribution >= 4 is 11.9 Å². The first-order valence-electron chi connectivity index (χ1n) is 6.27. The molecule has 5 heteroatoms. The van der Waals surface area contributed by atoms with Crippen molar-refractivity contribution in [2.45, 2.75) is 39.2 Å². The van der Waals surface area contributed by atoms with Gasteiger partial charge in [0, 0.05) is 12.6 Å². The minimum absolute atomic E-state index is 0.00890. The monoisotopic (exact) mass is 242 g/mol. The largest absolute Gasteiger partial charge is 0.481 e. The standard InChI is InChI=1S/C12H22N2O3/c1-3-9(2)13-11(15)8-14-6-4-5-10(7-14)12(16)17/h9-10H,3-8H2,1-2H3,(H,13,15)(H,16,17). The van der Waals surface area contributed by atoms with Gasteiger partial charge in [-0.2, -0.15) is 0 Å². The summed E-state index contributed by atoms with van der Waals surface area (Å²) in [4.78, 5) is 24.5. The number of amides is 1. The van der Waals surface area contributed by atoms with E-state index in [1.54, 1.807) is 0 Å². The van der Waals surface area contributed by atoms with E-state index < -0.39 is 5.97 Å². The van der Waals surface area contributed by atoms with Crippen LogP contribution in [0.3, 0.4) is 0 Å². The average molecular weight is 242 g/mol. The first-order chi connectivity index (χ1) is 8.02. The zero-order valence-electron chi connectivity index (χ0n) is 10.6. The quantitative estimate of drug-likeness (QED) is 0.744. The minimum Gasteiger partial charge on any atom is -0.481 e. The van der Waals surface area contributed by atoms with E-state index in [1.165, 1.54) is 0 Å².